The summed E-state index contributed by atoms with van der Waals surface area (Å²) in [6.07, 6.45) is 4.26. The van der Waals surface area contributed by atoms with Crippen molar-refractivity contribution in [2.24, 2.45) is 0 Å². The van der Waals surface area contributed by atoms with E-state index in [0.29, 0.717) is 18.7 Å². The second kappa shape index (κ2) is 6.04. The third kappa shape index (κ3) is 3.76. The van der Waals surface area contributed by atoms with Crippen molar-refractivity contribution in [2.45, 2.75) is 38.8 Å². The van der Waals surface area contributed by atoms with Crippen LogP contribution in [0.5, 0.6) is 0 Å². The van der Waals surface area contributed by atoms with Crippen LogP contribution in [0.2, 0.25) is 0 Å². The molecule has 2 amide bonds. The molecule has 0 spiro atoms. The number of nitrogens with one attached hydrogen (secondary N) is 3. The zero-order valence-corrected chi connectivity index (χ0v) is 10.5. The highest BCUT2D eigenvalue weighted by Gasteiger charge is 2.33. The van der Waals surface area contributed by atoms with Gasteiger partial charge in [-0.05, 0) is 13.3 Å². The van der Waals surface area contributed by atoms with Crippen LogP contribution in [0.1, 0.15) is 32.5 Å². The Bertz CT molecular complexity index is 404. The predicted molar refractivity (Wildman–Crippen MR) is 64.9 cm³/mol. The van der Waals surface area contributed by atoms with E-state index in [9.17, 15) is 9.59 Å². The topological polar surface area (TPSA) is 107 Å². The van der Waals surface area contributed by atoms with E-state index in [-0.39, 0.29) is 6.54 Å². The van der Waals surface area contributed by atoms with Crippen molar-refractivity contribution in [3.8, 4) is 0 Å². The molecule has 100 valence electrons. The van der Waals surface area contributed by atoms with Crippen molar-refractivity contribution in [2.75, 3.05) is 0 Å². The predicted octanol–water partition coefficient (Wildman–Crippen LogP) is 0.852. The number of carbonyl (C=O) groups excluding carboxylic acids is 1. The van der Waals surface area contributed by atoms with Gasteiger partial charge < -0.3 is 20.7 Å². The summed E-state index contributed by atoms with van der Waals surface area (Å²) in [6, 6.07) is -0.523. The van der Waals surface area contributed by atoms with Gasteiger partial charge in [-0.2, -0.15) is 0 Å². The molecule has 0 aliphatic rings. The third-order valence-corrected chi connectivity index (χ3v) is 2.58. The lowest BCUT2D eigenvalue weighted by Gasteiger charge is -2.25. The maximum atomic E-state index is 11.6. The second-order valence-electron chi connectivity index (χ2n) is 4.23. The normalized spacial score (nSPS) is 13.7. The molecule has 4 N–H and O–H groups in total. The summed E-state index contributed by atoms with van der Waals surface area (Å²) in [7, 11) is 0. The van der Waals surface area contributed by atoms with Crippen LogP contribution < -0.4 is 10.6 Å². The highest BCUT2D eigenvalue weighted by molar-refractivity contribution is 5.85. The zero-order chi connectivity index (χ0) is 13.6. The molecule has 7 nitrogen and oxygen atoms in total. The summed E-state index contributed by atoms with van der Waals surface area (Å²) in [5, 5.41) is 14.1. The molecule has 0 aliphatic carbocycles. The van der Waals surface area contributed by atoms with Gasteiger partial charge in [0, 0.05) is 12.4 Å². The molecule has 1 aromatic rings. The van der Waals surface area contributed by atoms with Gasteiger partial charge >= 0.3 is 12.0 Å². The first kappa shape index (κ1) is 14.0. The molecule has 1 unspecified atom stereocenters. The van der Waals surface area contributed by atoms with E-state index >= 15 is 0 Å². The van der Waals surface area contributed by atoms with Gasteiger partial charge in [-0.15, -0.1) is 0 Å². The highest BCUT2D eigenvalue weighted by atomic mass is 16.4. The zero-order valence-electron chi connectivity index (χ0n) is 10.5. The quantitative estimate of drug-likeness (QED) is 0.603. The molecular weight excluding hydrogens is 236 g/mol. The summed E-state index contributed by atoms with van der Waals surface area (Å²) in [5.74, 6) is -0.435. The Morgan fingerprint density at radius 1 is 1.56 bits per heavy atom. The van der Waals surface area contributed by atoms with Gasteiger partial charge in [-0.1, -0.05) is 13.3 Å². The standard InChI is InChI=1S/C11H18N4O3/c1-3-4-11(2,9(16)17)15-10(18)14-7-8-12-5-6-13-8/h5-6H,3-4,7H2,1-2H3,(H,12,13)(H,16,17)(H2,14,15,18). The van der Waals surface area contributed by atoms with Gasteiger partial charge in [-0.3, -0.25) is 0 Å². The van der Waals surface area contributed by atoms with E-state index in [2.05, 4.69) is 20.6 Å². The number of hydrogen-bond acceptors (Lipinski definition) is 3. The Labute approximate surface area is 105 Å². The second-order valence-corrected chi connectivity index (χ2v) is 4.23. The molecule has 7 heteroatoms. The Morgan fingerprint density at radius 3 is 2.78 bits per heavy atom. The molecule has 0 aliphatic heterocycles. The number of hydrogen-bond donors (Lipinski definition) is 4. The van der Waals surface area contributed by atoms with Gasteiger partial charge in [0.05, 0.1) is 6.54 Å². The van der Waals surface area contributed by atoms with Crippen molar-refractivity contribution >= 4 is 12.0 Å². The number of aromatic nitrogens is 2. The summed E-state index contributed by atoms with van der Waals surface area (Å²) >= 11 is 0. The minimum Gasteiger partial charge on any atom is -0.480 e. The van der Waals surface area contributed by atoms with E-state index in [4.69, 9.17) is 5.11 Å². The van der Waals surface area contributed by atoms with Crippen molar-refractivity contribution in [1.29, 1.82) is 0 Å². The summed E-state index contributed by atoms with van der Waals surface area (Å²) < 4.78 is 0. The molecular formula is C11H18N4O3. The van der Waals surface area contributed by atoms with Crippen LogP contribution in [0.25, 0.3) is 0 Å². The average molecular weight is 254 g/mol. The molecule has 0 radical (unpaired) electrons. The van der Waals surface area contributed by atoms with Crippen LogP contribution >= 0.6 is 0 Å². The molecule has 18 heavy (non-hydrogen) atoms. The summed E-state index contributed by atoms with van der Waals surface area (Å²) in [6.45, 7) is 3.58. The van der Waals surface area contributed by atoms with Crippen LogP contribution in [-0.4, -0.2) is 32.6 Å². The van der Waals surface area contributed by atoms with E-state index in [1.165, 1.54) is 6.92 Å². The van der Waals surface area contributed by atoms with Crippen LogP contribution in [0, 0.1) is 0 Å². The number of carboxylic acid groups (broad SMARTS) is 1. The van der Waals surface area contributed by atoms with E-state index in [1.807, 2.05) is 6.92 Å². The number of nitrogens with zero attached hydrogens (tertiary/aromatic N) is 1. The minimum atomic E-state index is -1.25. The average Bonchev–Trinajstić information content (AvgIpc) is 2.79. The van der Waals surface area contributed by atoms with Crippen LogP contribution in [0.3, 0.4) is 0 Å². The largest absolute Gasteiger partial charge is 0.480 e. The molecule has 0 saturated heterocycles. The molecule has 1 heterocycles. The Hall–Kier alpha value is -2.05. The van der Waals surface area contributed by atoms with Crippen LogP contribution in [0.4, 0.5) is 4.79 Å². The first-order valence-corrected chi connectivity index (χ1v) is 5.75. The number of imidazole rings is 1. The molecule has 0 fully saturated rings. The number of aliphatic carboxylic acids is 1. The third-order valence-electron chi connectivity index (χ3n) is 2.58. The fourth-order valence-corrected chi connectivity index (χ4v) is 1.58. The van der Waals surface area contributed by atoms with Gasteiger partial charge in [-0.25, -0.2) is 14.6 Å². The van der Waals surface area contributed by atoms with Crippen LogP contribution in [0.15, 0.2) is 12.4 Å². The minimum absolute atomic E-state index is 0.223. The molecule has 1 rings (SSSR count). The number of rotatable bonds is 6. The first-order valence-electron chi connectivity index (χ1n) is 5.75. The maximum Gasteiger partial charge on any atom is 0.329 e. The van der Waals surface area contributed by atoms with E-state index in [1.54, 1.807) is 12.4 Å². The van der Waals surface area contributed by atoms with Crippen molar-refractivity contribution in [3.63, 3.8) is 0 Å². The first-order chi connectivity index (χ1) is 8.48. The van der Waals surface area contributed by atoms with Gasteiger partial charge in [0.15, 0.2) is 0 Å². The number of aromatic amines is 1. The lowest BCUT2D eigenvalue weighted by molar-refractivity contribution is -0.144. The maximum absolute atomic E-state index is 11.6. The number of amides is 2. The number of carboxylic acids is 1. The molecule has 0 saturated carbocycles. The summed E-state index contributed by atoms with van der Waals surface area (Å²) in [4.78, 5) is 29.5. The lowest BCUT2D eigenvalue weighted by Crippen LogP contribution is -2.55. The Kier molecular flexibility index (Phi) is 4.70. The van der Waals surface area contributed by atoms with Gasteiger partial charge in [0.2, 0.25) is 0 Å². The Morgan fingerprint density at radius 2 is 2.28 bits per heavy atom. The van der Waals surface area contributed by atoms with Gasteiger partial charge in [0.25, 0.3) is 0 Å². The monoisotopic (exact) mass is 254 g/mol. The fraction of sp³-hybridized carbons (Fsp3) is 0.545. The van der Waals surface area contributed by atoms with Crippen LogP contribution in [-0.2, 0) is 11.3 Å². The van der Waals surface area contributed by atoms with Crippen molar-refractivity contribution in [1.82, 2.24) is 20.6 Å². The van der Waals surface area contributed by atoms with Crippen molar-refractivity contribution in [3.05, 3.63) is 18.2 Å². The molecule has 0 aromatic carbocycles. The molecule has 1 atom stereocenters. The smallest absolute Gasteiger partial charge is 0.329 e. The number of urea groups is 1. The number of carbonyl (C=O) groups is 2. The lowest BCUT2D eigenvalue weighted by atomic mass is 9.97. The molecule has 1 aromatic heterocycles. The number of H-pyrrole nitrogens is 1. The van der Waals surface area contributed by atoms with Crippen molar-refractivity contribution < 1.29 is 14.7 Å². The van der Waals surface area contributed by atoms with Gasteiger partial charge in [0.1, 0.15) is 11.4 Å². The Balaban J connectivity index is 2.49. The van der Waals surface area contributed by atoms with E-state index < -0.39 is 17.5 Å². The SMILES string of the molecule is CCCC(C)(NC(=O)NCc1ncc[nH]1)C(=O)O. The summed E-state index contributed by atoms with van der Waals surface area (Å²) in [5.41, 5.74) is -1.25. The highest BCUT2D eigenvalue weighted by Crippen LogP contribution is 2.12. The van der Waals surface area contributed by atoms with E-state index in [0.717, 1.165) is 0 Å². The fourth-order valence-electron chi connectivity index (χ4n) is 1.58. The molecule has 0 bridgehead atoms.